The van der Waals surface area contributed by atoms with E-state index in [0.29, 0.717) is 12.5 Å². The van der Waals surface area contributed by atoms with Crippen LogP contribution in [0.5, 0.6) is 0 Å². The van der Waals surface area contributed by atoms with Crippen LogP contribution in [-0.4, -0.2) is 49.2 Å². The molecular weight excluding hydrogens is 378 g/mol. The molecule has 0 spiro atoms. The number of ether oxygens (including phenoxy) is 1. The van der Waals surface area contributed by atoms with Crippen LogP contribution < -0.4 is 10.2 Å². The number of para-hydroxylation sites is 1. The molecule has 6 nitrogen and oxygen atoms in total. The molecule has 2 aliphatic heterocycles. The number of hydrogen-bond acceptors (Lipinski definition) is 4. The van der Waals surface area contributed by atoms with E-state index in [2.05, 4.69) is 22.3 Å². The van der Waals surface area contributed by atoms with Crippen LogP contribution in [-0.2, 0) is 16.0 Å². The molecule has 2 saturated heterocycles. The van der Waals surface area contributed by atoms with Crippen LogP contribution in [0.15, 0.2) is 54.6 Å². The largest absolute Gasteiger partial charge is 0.443 e. The number of nitrogens with zero attached hydrogens (tertiary/aromatic N) is 2. The molecule has 0 bridgehead atoms. The number of nitrogens with one attached hydrogen (secondary N) is 1. The number of carbonyl (C=O) groups is 2. The molecule has 2 amide bonds. The van der Waals surface area contributed by atoms with Crippen molar-refractivity contribution >= 4 is 23.4 Å². The average Bonchev–Trinajstić information content (AvgIpc) is 3.11. The van der Waals surface area contributed by atoms with Crippen LogP contribution in [0.25, 0.3) is 0 Å². The van der Waals surface area contributed by atoms with Crippen LogP contribution in [0.1, 0.15) is 25.3 Å². The van der Waals surface area contributed by atoms with Crippen LogP contribution in [0.2, 0.25) is 0 Å². The zero-order valence-corrected chi connectivity index (χ0v) is 17.4. The molecule has 0 saturated carbocycles. The fraction of sp³-hybridized carbons (Fsp3) is 0.417. The number of carbonyl (C=O) groups excluding carboxylic acids is 2. The maximum atomic E-state index is 12.2. The molecule has 0 aromatic heterocycles. The van der Waals surface area contributed by atoms with E-state index in [4.69, 9.17) is 4.74 Å². The predicted molar refractivity (Wildman–Crippen MR) is 118 cm³/mol. The second-order valence-electron chi connectivity index (χ2n) is 8.28. The smallest absolute Gasteiger partial charge is 0.414 e. The minimum absolute atomic E-state index is 0.0463. The normalized spacial score (nSPS) is 20.2. The molecule has 2 aromatic carbocycles. The maximum absolute atomic E-state index is 12.2. The van der Waals surface area contributed by atoms with Gasteiger partial charge in [0.25, 0.3) is 0 Å². The molecular formula is C24H29N3O3. The standard InChI is InChI=1S/C24H29N3O3/c1-18(28)25-21-9-7-19(8-10-21)15-20-11-13-26(14-12-20)16-23-17-27(24(29)30-23)22-5-3-2-4-6-22/h2-10,20,23H,11-17H2,1H3,(H,25,28)/t23-/m0/s1. The molecule has 30 heavy (non-hydrogen) atoms. The molecule has 2 fully saturated rings. The SMILES string of the molecule is CC(=O)Nc1ccc(CC2CCN(C[C@H]3CN(c4ccccc4)C(=O)O3)CC2)cc1. The van der Waals surface area contributed by atoms with Crippen LogP contribution in [0.3, 0.4) is 0 Å². The van der Waals surface area contributed by atoms with Gasteiger partial charge in [0.1, 0.15) is 6.10 Å². The van der Waals surface area contributed by atoms with Gasteiger partial charge in [-0.25, -0.2) is 4.79 Å². The highest BCUT2D eigenvalue weighted by Gasteiger charge is 2.34. The summed E-state index contributed by atoms with van der Waals surface area (Å²) < 4.78 is 5.61. The van der Waals surface area contributed by atoms with Gasteiger partial charge in [0.15, 0.2) is 0 Å². The van der Waals surface area contributed by atoms with Gasteiger partial charge in [-0.1, -0.05) is 30.3 Å². The zero-order chi connectivity index (χ0) is 20.9. The first-order valence-electron chi connectivity index (χ1n) is 10.7. The van der Waals surface area contributed by atoms with Gasteiger partial charge < -0.3 is 10.1 Å². The minimum Gasteiger partial charge on any atom is -0.443 e. The fourth-order valence-electron chi connectivity index (χ4n) is 4.36. The molecule has 0 radical (unpaired) electrons. The lowest BCUT2D eigenvalue weighted by molar-refractivity contribution is -0.114. The first kappa shape index (κ1) is 20.4. The number of rotatable bonds is 6. The Bertz CT molecular complexity index is 861. The van der Waals surface area contributed by atoms with E-state index in [9.17, 15) is 9.59 Å². The second kappa shape index (κ2) is 9.30. The summed E-state index contributed by atoms with van der Waals surface area (Å²) in [6.45, 7) is 5.01. The van der Waals surface area contributed by atoms with Gasteiger partial charge in [-0.05, 0) is 68.1 Å². The van der Waals surface area contributed by atoms with Crippen molar-refractivity contribution in [3.63, 3.8) is 0 Å². The van der Waals surface area contributed by atoms with Gasteiger partial charge in [-0.15, -0.1) is 0 Å². The van der Waals surface area contributed by atoms with E-state index in [1.54, 1.807) is 4.90 Å². The van der Waals surface area contributed by atoms with E-state index in [0.717, 1.165) is 50.3 Å². The molecule has 2 heterocycles. The maximum Gasteiger partial charge on any atom is 0.414 e. The number of anilines is 2. The average molecular weight is 408 g/mol. The highest BCUT2D eigenvalue weighted by atomic mass is 16.6. The summed E-state index contributed by atoms with van der Waals surface area (Å²) in [6.07, 6.45) is 3.04. The van der Waals surface area contributed by atoms with Gasteiger partial charge in [0, 0.05) is 24.8 Å². The van der Waals surface area contributed by atoms with Crippen molar-refractivity contribution in [1.29, 1.82) is 0 Å². The highest BCUT2D eigenvalue weighted by molar-refractivity contribution is 5.89. The predicted octanol–water partition coefficient (Wildman–Crippen LogP) is 3.92. The number of amides is 2. The number of hydrogen-bond donors (Lipinski definition) is 1. The number of benzene rings is 2. The highest BCUT2D eigenvalue weighted by Crippen LogP contribution is 2.25. The molecule has 1 atom stereocenters. The second-order valence-corrected chi connectivity index (χ2v) is 8.28. The van der Waals surface area contributed by atoms with E-state index in [1.807, 2.05) is 42.5 Å². The summed E-state index contributed by atoms with van der Waals surface area (Å²) in [7, 11) is 0. The van der Waals surface area contributed by atoms with E-state index in [-0.39, 0.29) is 18.1 Å². The lowest BCUT2D eigenvalue weighted by Gasteiger charge is -2.33. The third-order valence-electron chi connectivity index (χ3n) is 5.91. The summed E-state index contributed by atoms with van der Waals surface area (Å²) in [5.41, 5.74) is 3.05. The van der Waals surface area contributed by atoms with Crippen molar-refractivity contribution in [2.75, 3.05) is 36.4 Å². The Hall–Kier alpha value is -2.86. The Morgan fingerprint density at radius 1 is 1.07 bits per heavy atom. The van der Waals surface area contributed by atoms with Gasteiger partial charge >= 0.3 is 6.09 Å². The van der Waals surface area contributed by atoms with Crippen LogP contribution in [0.4, 0.5) is 16.2 Å². The quantitative estimate of drug-likeness (QED) is 0.788. The third-order valence-corrected chi connectivity index (χ3v) is 5.91. The molecule has 2 aromatic rings. The van der Waals surface area contributed by atoms with E-state index < -0.39 is 0 Å². The Morgan fingerprint density at radius 2 is 1.77 bits per heavy atom. The molecule has 158 valence electrons. The summed E-state index contributed by atoms with van der Waals surface area (Å²) in [5, 5.41) is 2.81. The molecule has 1 N–H and O–H groups in total. The number of likely N-dealkylation sites (tertiary alicyclic amines) is 1. The summed E-state index contributed by atoms with van der Waals surface area (Å²) >= 11 is 0. The summed E-state index contributed by atoms with van der Waals surface area (Å²) in [6, 6.07) is 17.9. The Kier molecular flexibility index (Phi) is 6.33. The van der Waals surface area contributed by atoms with Crippen molar-refractivity contribution in [2.24, 2.45) is 5.92 Å². The number of piperidine rings is 1. The molecule has 0 aliphatic carbocycles. The topological polar surface area (TPSA) is 61.9 Å². The molecule has 4 rings (SSSR count). The van der Waals surface area contributed by atoms with Gasteiger partial charge in [0.2, 0.25) is 5.91 Å². The van der Waals surface area contributed by atoms with Gasteiger partial charge in [-0.3, -0.25) is 14.6 Å². The van der Waals surface area contributed by atoms with Crippen molar-refractivity contribution in [3.05, 3.63) is 60.2 Å². The van der Waals surface area contributed by atoms with Crippen molar-refractivity contribution in [2.45, 2.75) is 32.3 Å². The Balaban J connectivity index is 1.22. The number of cyclic esters (lactones) is 1. The van der Waals surface area contributed by atoms with Crippen LogP contribution in [0, 0.1) is 5.92 Å². The van der Waals surface area contributed by atoms with Crippen LogP contribution >= 0.6 is 0 Å². The Labute approximate surface area is 177 Å². The third kappa shape index (κ3) is 5.19. The van der Waals surface area contributed by atoms with E-state index in [1.165, 1.54) is 12.5 Å². The van der Waals surface area contributed by atoms with Crippen molar-refractivity contribution in [1.82, 2.24) is 4.90 Å². The molecule has 0 unspecified atom stereocenters. The summed E-state index contributed by atoms with van der Waals surface area (Å²) in [4.78, 5) is 27.5. The monoisotopic (exact) mass is 407 g/mol. The summed E-state index contributed by atoms with van der Waals surface area (Å²) in [5.74, 6) is 0.620. The van der Waals surface area contributed by atoms with Gasteiger partial charge in [-0.2, -0.15) is 0 Å². The molecule has 6 heteroatoms. The minimum atomic E-state index is -0.246. The molecule has 2 aliphatic rings. The lowest BCUT2D eigenvalue weighted by Crippen LogP contribution is -2.40. The van der Waals surface area contributed by atoms with Gasteiger partial charge in [0.05, 0.1) is 6.54 Å². The van der Waals surface area contributed by atoms with Crippen molar-refractivity contribution in [3.8, 4) is 0 Å². The zero-order valence-electron chi connectivity index (χ0n) is 17.4. The fourth-order valence-corrected chi connectivity index (χ4v) is 4.36. The lowest BCUT2D eigenvalue weighted by atomic mass is 9.90. The van der Waals surface area contributed by atoms with E-state index >= 15 is 0 Å². The first-order chi connectivity index (χ1) is 14.6. The van der Waals surface area contributed by atoms with Crippen molar-refractivity contribution < 1.29 is 14.3 Å². The first-order valence-corrected chi connectivity index (χ1v) is 10.7. The Morgan fingerprint density at radius 3 is 2.43 bits per heavy atom.